The molecule has 0 unspecified atom stereocenters. The first-order valence-electron chi connectivity index (χ1n) is 6.98. The van der Waals surface area contributed by atoms with Gasteiger partial charge in [-0.05, 0) is 36.1 Å². The van der Waals surface area contributed by atoms with Gasteiger partial charge in [-0.2, -0.15) is 0 Å². The molecule has 1 heterocycles. The van der Waals surface area contributed by atoms with Gasteiger partial charge in [0, 0.05) is 24.2 Å². The van der Waals surface area contributed by atoms with Gasteiger partial charge in [0.15, 0.2) is 5.78 Å². The SMILES string of the molecule is O=C(Cc1cccc(Cl)c1F)c1cccc2c1CCCN2. The molecule has 4 heteroatoms. The van der Waals surface area contributed by atoms with Crippen LogP contribution in [0.2, 0.25) is 5.02 Å². The molecule has 0 saturated heterocycles. The number of halogens is 2. The molecule has 1 aliphatic heterocycles. The Hall–Kier alpha value is -1.87. The fraction of sp³-hybridized carbons (Fsp3) is 0.235. The highest BCUT2D eigenvalue weighted by Gasteiger charge is 2.19. The van der Waals surface area contributed by atoms with Crippen LogP contribution in [0.1, 0.15) is 27.9 Å². The lowest BCUT2D eigenvalue weighted by Crippen LogP contribution is -2.16. The van der Waals surface area contributed by atoms with Crippen LogP contribution in [-0.4, -0.2) is 12.3 Å². The molecule has 0 atom stereocenters. The number of nitrogens with one attached hydrogen (secondary N) is 1. The summed E-state index contributed by atoms with van der Waals surface area (Å²) in [4.78, 5) is 12.5. The third-order valence-corrected chi connectivity index (χ3v) is 4.07. The van der Waals surface area contributed by atoms with Crippen molar-refractivity contribution in [3.05, 3.63) is 63.9 Å². The lowest BCUT2D eigenvalue weighted by molar-refractivity contribution is 0.0991. The Balaban J connectivity index is 1.91. The number of hydrogen-bond acceptors (Lipinski definition) is 2. The summed E-state index contributed by atoms with van der Waals surface area (Å²) in [6.45, 7) is 0.924. The lowest BCUT2D eigenvalue weighted by atomic mass is 9.93. The minimum absolute atomic E-state index is 0.0306. The van der Waals surface area contributed by atoms with E-state index < -0.39 is 5.82 Å². The van der Waals surface area contributed by atoms with E-state index in [9.17, 15) is 9.18 Å². The highest BCUT2D eigenvalue weighted by molar-refractivity contribution is 6.30. The monoisotopic (exact) mass is 303 g/mol. The molecule has 2 aromatic rings. The summed E-state index contributed by atoms with van der Waals surface area (Å²) in [7, 11) is 0. The van der Waals surface area contributed by atoms with Crippen LogP contribution in [0.3, 0.4) is 0 Å². The number of fused-ring (bicyclic) bond motifs is 1. The van der Waals surface area contributed by atoms with Crippen molar-refractivity contribution in [1.82, 2.24) is 0 Å². The van der Waals surface area contributed by atoms with Crippen molar-refractivity contribution in [2.24, 2.45) is 0 Å². The topological polar surface area (TPSA) is 29.1 Å². The molecule has 1 aliphatic rings. The van der Waals surface area contributed by atoms with E-state index in [1.165, 1.54) is 6.07 Å². The zero-order valence-corrected chi connectivity index (χ0v) is 12.2. The van der Waals surface area contributed by atoms with Gasteiger partial charge in [0.05, 0.1) is 5.02 Å². The molecule has 0 aliphatic carbocycles. The summed E-state index contributed by atoms with van der Waals surface area (Å²) in [6, 6.07) is 10.4. The molecule has 0 aromatic heterocycles. The normalized spacial score (nSPS) is 13.4. The number of benzene rings is 2. The molecular formula is C17H15ClFNO. The number of rotatable bonds is 3. The lowest BCUT2D eigenvalue weighted by Gasteiger charge is -2.20. The van der Waals surface area contributed by atoms with E-state index in [0.717, 1.165) is 30.6 Å². The van der Waals surface area contributed by atoms with Crippen molar-refractivity contribution < 1.29 is 9.18 Å². The second kappa shape index (κ2) is 5.86. The van der Waals surface area contributed by atoms with Crippen molar-refractivity contribution in [1.29, 1.82) is 0 Å². The van der Waals surface area contributed by atoms with E-state index in [0.29, 0.717) is 11.1 Å². The molecule has 1 N–H and O–H groups in total. The molecule has 0 bridgehead atoms. The van der Waals surface area contributed by atoms with Gasteiger partial charge in [0.25, 0.3) is 0 Å². The zero-order chi connectivity index (χ0) is 14.8. The van der Waals surface area contributed by atoms with Crippen molar-refractivity contribution in [2.45, 2.75) is 19.3 Å². The molecular weight excluding hydrogens is 289 g/mol. The van der Waals surface area contributed by atoms with Crippen LogP contribution < -0.4 is 5.32 Å². The second-order valence-electron chi connectivity index (χ2n) is 5.17. The first-order valence-corrected chi connectivity index (χ1v) is 7.36. The third-order valence-electron chi connectivity index (χ3n) is 3.78. The number of ketones is 1. The Bertz CT molecular complexity index is 699. The van der Waals surface area contributed by atoms with Gasteiger partial charge in [-0.3, -0.25) is 4.79 Å². The van der Waals surface area contributed by atoms with Crippen LogP contribution in [-0.2, 0) is 12.8 Å². The zero-order valence-electron chi connectivity index (χ0n) is 11.5. The molecule has 0 amide bonds. The standard InChI is InChI=1S/C17H15ClFNO/c18-14-7-1-4-11(17(14)19)10-16(21)13-5-2-8-15-12(13)6-3-9-20-15/h1-2,4-5,7-8,20H,3,6,9-10H2. The molecule has 21 heavy (non-hydrogen) atoms. The number of carbonyl (C=O) groups is 1. The Kier molecular flexibility index (Phi) is 3.93. The highest BCUT2D eigenvalue weighted by atomic mass is 35.5. The van der Waals surface area contributed by atoms with E-state index in [2.05, 4.69) is 5.32 Å². The van der Waals surface area contributed by atoms with E-state index in [4.69, 9.17) is 11.6 Å². The Morgan fingerprint density at radius 2 is 2.05 bits per heavy atom. The van der Waals surface area contributed by atoms with Crippen LogP contribution >= 0.6 is 11.6 Å². The maximum Gasteiger partial charge on any atom is 0.167 e. The van der Waals surface area contributed by atoms with Crippen molar-refractivity contribution >= 4 is 23.1 Å². The fourth-order valence-electron chi connectivity index (χ4n) is 2.72. The van der Waals surface area contributed by atoms with Crippen LogP contribution in [0.4, 0.5) is 10.1 Å². The summed E-state index contributed by atoms with van der Waals surface area (Å²) in [5.41, 5.74) is 3.07. The fourth-order valence-corrected chi connectivity index (χ4v) is 2.92. The molecule has 3 rings (SSSR count). The van der Waals surface area contributed by atoms with Crippen molar-refractivity contribution in [2.75, 3.05) is 11.9 Å². The molecule has 108 valence electrons. The third kappa shape index (κ3) is 2.79. The van der Waals surface area contributed by atoms with Gasteiger partial charge in [-0.25, -0.2) is 4.39 Å². The maximum absolute atomic E-state index is 13.9. The summed E-state index contributed by atoms with van der Waals surface area (Å²) in [6.07, 6.45) is 1.91. The summed E-state index contributed by atoms with van der Waals surface area (Å²) in [5.74, 6) is -0.577. The van der Waals surface area contributed by atoms with Crippen molar-refractivity contribution in [3.8, 4) is 0 Å². The molecule has 0 fully saturated rings. The van der Waals surface area contributed by atoms with E-state index >= 15 is 0 Å². The van der Waals surface area contributed by atoms with Gasteiger partial charge in [-0.1, -0.05) is 35.9 Å². The maximum atomic E-state index is 13.9. The average molecular weight is 304 g/mol. The smallest absolute Gasteiger partial charge is 0.167 e. The Morgan fingerprint density at radius 3 is 2.90 bits per heavy atom. The van der Waals surface area contributed by atoms with Gasteiger partial charge >= 0.3 is 0 Å². The number of Topliss-reactive ketones (excluding diaryl/α,β-unsaturated/α-hetero) is 1. The quantitative estimate of drug-likeness (QED) is 0.858. The van der Waals surface area contributed by atoms with E-state index in [-0.39, 0.29) is 17.2 Å². The predicted molar refractivity (Wildman–Crippen MR) is 82.7 cm³/mol. The van der Waals surface area contributed by atoms with Gasteiger partial charge < -0.3 is 5.32 Å². The highest BCUT2D eigenvalue weighted by Crippen LogP contribution is 2.27. The first kappa shape index (κ1) is 14.1. The summed E-state index contributed by atoms with van der Waals surface area (Å²) >= 11 is 5.76. The molecule has 0 radical (unpaired) electrons. The van der Waals surface area contributed by atoms with Gasteiger partial charge in [-0.15, -0.1) is 0 Å². The summed E-state index contributed by atoms with van der Waals surface area (Å²) < 4.78 is 13.9. The second-order valence-corrected chi connectivity index (χ2v) is 5.58. The van der Waals surface area contributed by atoms with Crippen LogP contribution in [0.25, 0.3) is 0 Å². The minimum Gasteiger partial charge on any atom is -0.385 e. The van der Waals surface area contributed by atoms with Crippen molar-refractivity contribution in [3.63, 3.8) is 0 Å². The average Bonchev–Trinajstić information content (AvgIpc) is 2.51. The number of anilines is 1. The van der Waals surface area contributed by atoms with E-state index in [1.54, 1.807) is 12.1 Å². The minimum atomic E-state index is -0.504. The van der Waals surface area contributed by atoms with Crippen LogP contribution in [0, 0.1) is 5.82 Å². The molecule has 0 spiro atoms. The molecule has 0 saturated carbocycles. The van der Waals surface area contributed by atoms with E-state index in [1.807, 2.05) is 18.2 Å². The van der Waals surface area contributed by atoms with Gasteiger partial charge in [0.1, 0.15) is 5.82 Å². The number of carbonyl (C=O) groups excluding carboxylic acids is 1. The predicted octanol–water partition coefficient (Wildman–Crippen LogP) is 4.26. The van der Waals surface area contributed by atoms with Crippen LogP contribution in [0.15, 0.2) is 36.4 Å². The van der Waals surface area contributed by atoms with Crippen LogP contribution in [0.5, 0.6) is 0 Å². The molecule has 2 nitrogen and oxygen atoms in total. The Labute approximate surface area is 127 Å². The first-order chi connectivity index (χ1) is 10.2. The Morgan fingerprint density at radius 1 is 1.24 bits per heavy atom. The summed E-state index contributed by atoms with van der Waals surface area (Å²) in [5, 5.41) is 3.35. The molecule has 2 aromatic carbocycles. The largest absolute Gasteiger partial charge is 0.385 e. The number of hydrogen-bond donors (Lipinski definition) is 1. The van der Waals surface area contributed by atoms with Gasteiger partial charge in [0.2, 0.25) is 0 Å².